The topological polar surface area (TPSA) is 76.3 Å². The van der Waals surface area contributed by atoms with Crippen LogP contribution in [0.4, 0.5) is 11.5 Å². The van der Waals surface area contributed by atoms with Crippen molar-refractivity contribution in [2.45, 2.75) is 25.5 Å². The Morgan fingerprint density at radius 2 is 2.28 bits per heavy atom. The zero-order valence-electron chi connectivity index (χ0n) is 10.3. The first-order chi connectivity index (χ1) is 8.47. The number of rotatable bonds is 2. The third-order valence-corrected chi connectivity index (χ3v) is 3.74. The van der Waals surface area contributed by atoms with Crippen molar-refractivity contribution in [3.63, 3.8) is 0 Å². The van der Waals surface area contributed by atoms with E-state index in [1.54, 1.807) is 11.0 Å². The molecule has 0 bridgehead atoms. The summed E-state index contributed by atoms with van der Waals surface area (Å²) in [6, 6.07) is 3.63. The minimum atomic E-state index is -0.00824. The second-order valence-corrected chi connectivity index (χ2v) is 5.77. The number of amides is 1. The molecule has 1 aromatic rings. The molecule has 1 aromatic heterocycles. The molecule has 1 atom stereocenters. The first-order valence-corrected chi connectivity index (χ1v) is 6.56. The number of thioether (sulfide) groups is 1. The molecule has 96 valence electrons. The molecule has 0 aliphatic carbocycles. The number of nitrogens with two attached hydrogens (primary N) is 1. The molecule has 5 nitrogen and oxygen atoms in total. The standard InChI is InChI=1S/C12H15N3O2S/c1-7-3-4-10(12(13)14-7)15-6-9(5-11(15)17)18-8(2)16/h3-4,9H,5-6H2,1-2H3,(H2,13,14). The number of anilines is 2. The SMILES string of the molecule is CC(=O)SC1CC(=O)N(c2ccc(C)nc2N)C1. The van der Waals surface area contributed by atoms with Gasteiger partial charge in [0.15, 0.2) is 5.12 Å². The summed E-state index contributed by atoms with van der Waals surface area (Å²) in [5, 5.41) is 0.0420. The Morgan fingerprint density at radius 3 is 2.89 bits per heavy atom. The summed E-state index contributed by atoms with van der Waals surface area (Å²) in [6.45, 7) is 3.87. The van der Waals surface area contributed by atoms with E-state index in [0.29, 0.717) is 24.5 Å². The summed E-state index contributed by atoms with van der Waals surface area (Å²) < 4.78 is 0. The van der Waals surface area contributed by atoms with Gasteiger partial charge >= 0.3 is 0 Å². The van der Waals surface area contributed by atoms with Gasteiger partial charge in [-0.2, -0.15) is 0 Å². The highest BCUT2D eigenvalue weighted by atomic mass is 32.2. The summed E-state index contributed by atoms with van der Waals surface area (Å²) in [7, 11) is 0. The number of aromatic nitrogens is 1. The quantitative estimate of drug-likeness (QED) is 0.873. The Labute approximate surface area is 110 Å². The fourth-order valence-corrected chi connectivity index (χ4v) is 2.94. The van der Waals surface area contributed by atoms with Gasteiger partial charge in [-0.3, -0.25) is 9.59 Å². The van der Waals surface area contributed by atoms with Crippen molar-refractivity contribution in [1.29, 1.82) is 0 Å². The molecule has 2 N–H and O–H groups in total. The van der Waals surface area contributed by atoms with E-state index in [4.69, 9.17) is 5.73 Å². The van der Waals surface area contributed by atoms with E-state index >= 15 is 0 Å². The Kier molecular flexibility index (Phi) is 3.56. The molecular weight excluding hydrogens is 250 g/mol. The molecule has 1 aliphatic rings. The lowest BCUT2D eigenvalue weighted by molar-refractivity contribution is -0.117. The summed E-state index contributed by atoms with van der Waals surface area (Å²) in [5.74, 6) is 0.350. The van der Waals surface area contributed by atoms with Crippen LogP contribution in [0.3, 0.4) is 0 Å². The first kappa shape index (κ1) is 12.9. The zero-order chi connectivity index (χ0) is 13.3. The molecule has 2 rings (SSSR count). The molecule has 18 heavy (non-hydrogen) atoms. The molecular formula is C12H15N3O2S. The molecule has 0 aromatic carbocycles. The summed E-state index contributed by atoms with van der Waals surface area (Å²) >= 11 is 1.21. The molecule has 6 heteroatoms. The monoisotopic (exact) mass is 265 g/mol. The second kappa shape index (κ2) is 4.97. The van der Waals surface area contributed by atoms with Crippen LogP contribution in [-0.4, -0.2) is 27.8 Å². The van der Waals surface area contributed by atoms with Crippen molar-refractivity contribution in [2.24, 2.45) is 0 Å². The van der Waals surface area contributed by atoms with Gasteiger partial charge in [0.1, 0.15) is 5.82 Å². The number of hydrogen-bond donors (Lipinski definition) is 1. The van der Waals surface area contributed by atoms with Gasteiger partial charge in [0, 0.05) is 30.8 Å². The summed E-state index contributed by atoms with van der Waals surface area (Å²) in [5.41, 5.74) is 7.28. The maximum Gasteiger partial charge on any atom is 0.228 e. The third-order valence-electron chi connectivity index (χ3n) is 2.75. The number of aryl methyl sites for hydroxylation is 1. The minimum Gasteiger partial charge on any atom is -0.382 e. The van der Waals surface area contributed by atoms with E-state index in [1.807, 2.05) is 13.0 Å². The predicted octanol–water partition coefficient (Wildman–Crippen LogP) is 1.36. The Morgan fingerprint density at radius 1 is 1.56 bits per heavy atom. The zero-order valence-corrected chi connectivity index (χ0v) is 11.2. The third kappa shape index (κ3) is 2.64. The highest BCUT2D eigenvalue weighted by Crippen LogP contribution is 2.31. The second-order valence-electron chi connectivity index (χ2n) is 4.30. The van der Waals surface area contributed by atoms with Crippen LogP contribution < -0.4 is 10.6 Å². The van der Waals surface area contributed by atoms with Crippen LogP contribution in [0, 0.1) is 6.92 Å². The van der Waals surface area contributed by atoms with Crippen LogP contribution in [0.25, 0.3) is 0 Å². The largest absolute Gasteiger partial charge is 0.382 e. The van der Waals surface area contributed by atoms with E-state index < -0.39 is 0 Å². The van der Waals surface area contributed by atoms with Gasteiger partial charge in [0.2, 0.25) is 5.91 Å². The van der Waals surface area contributed by atoms with Crippen LogP contribution in [0.15, 0.2) is 12.1 Å². The molecule has 0 radical (unpaired) electrons. The van der Waals surface area contributed by atoms with Crippen LogP contribution in [0.5, 0.6) is 0 Å². The number of pyridine rings is 1. The molecule has 1 unspecified atom stereocenters. The normalized spacial score (nSPS) is 19.3. The van der Waals surface area contributed by atoms with Gasteiger partial charge < -0.3 is 10.6 Å². The van der Waals surface area contributed by atoms with Gasteiger partial charge in [-0.25, -0.2) is 4.98 Å². The van der Waals surface area contributed by atoms with Crippen LogP contribution in [0.2, 0.25) is 0 Å². The smallest absolute Gasteiger partial charge is 0.228 e. The predicted molar refractivity (Wildman–Crippen MR) is 72.4 cm³/mol. The lowest BCUT2D eigenvalue weighted by atomic mass is 10.3. The molecule has 1 aliphatic heterocycles. The van der Waals surface area contributed by atoms with Crippen molar-refractivity contribution in [1.82, 2.24) is 4.98 Å². The van der Waals surface area contributed by atoms with Crippen LogP contribution in [0.1, 0.15) is 19.0 Å². The molecule has 2 heterocycles. The highest BCUT2D eigenvalue weighted by molar-refractivity contribution is 8.14. The number of nitrogens with zero attached hydrogens (tertiary/aromatic N) is 2. The molecule has 0 saturated carbocycles. The van der Waals surface area contributed by atoms with Gasteiger partial charge in [-0.1, -0.05) is 11.8 Å². The Balaban J connectivity index is 2.19. The minimum absolute atomic E-state index is 0.00824. The molecule has 0 spiro atoms. The number of nitrogen functional groups attached to an aromatic ring is 1. The number of carbonyl (C=O) groups excluding carboxylic acids is 2. The van der Waals surface area contributed by atoms with E-state index in [-0.39, 0.29) is 16.3 Å². The van der Waals surface area contributed by atoms with Gasteiger partial charge in [0.05, 0.1) is 5.69 Å². The number of hydrogen-bond acceptors (Lipinski definition) is 5. The van der Waals surface area contributed by atoms with E-state index in [1.165, 1.54) is 18.7 Å². The van der Waals surface area contributed by atoms with Crippen molar-refractivity contribution in [3.05, 3.63) is 17.8 Å². The fraction of sp³-hybridized carbons (Fsp3) is 0.417. The summed E-state index contributed by atoms with van der Waals surface area (Å²) in [6.07, 6.45) is 0.373. The summed E-state index contributed by atoms with van der Waals surface area (Å²) in [4.78, 5) is 28.7. The average Bonchev–Trinajstić information content (AvgIpc) is 2.58. The maximum atomic E-state index is 11.9. The van der Waals surface area contributed by atoms with Crippen LogP contribution in [-0.2, 0) is 9.59 Å². The van der Waals surface area contributed by atoms with Crippen molar-refractivity contribution >= 4 is 34.3 Å². The lowest BCUT2D eigenvalue weighted by Crippen LogP contribution is -2.26. The van der Waals surface area contributed by atoms with Gasteiger partial charge in [0.25, 0.3) is 0 Å². The first-order valence-electron chi connectivity index (χ1n) is 5.68. The number of carbonyl (C=O) groups is 2. The van der Waals surface area contributed by atoms with Crippen molar-refractivity contribution in [3.8, 4) is 0 Å². The van der Waals surface area contributed by atoms with Gasteiger partial charge in [-0.05, 0) is 19.1 Å². The van der Waals surface area contributed by atoms with E-state index in [9.17, 15) is 9.59 Å². The molecule has 1 amide bonds. The highest BCUT2D eigenvalue weighted by Gasteiger charge is 2.32. The Bertz CT molecular complexity index is 504. The van der Waals surface area contributed by atoms with E-state index in [2.05, 4.69) is 4.98 Å². The fourth-order valence-electron chi connectivity index (χ4n) is 2.02. The maximum absolute atomic E-state index is 11.9. The molecule has 1 saturated heterocycles. The van der Waals surface area contributed by atoms with Crippen molar-refractivity contribution < 1.29 is 9.59 Å². The average molecular weight is 265 g/mol. The Hall–Kier alpha value is -1.56. The lowest BCUT2D eigenvalue weighted by Gasteiger charge is -2.18. The van der Waals surface area contributed by atoms with Crippen molar-refractivity contribution in [2.75, 3.05) is 17.2 Å². The van der Waals surface area contributed by atoms with Crippen LogP contribution >= 0.6 is 11.8 Å². The molecule has 1 fully saturated rings. The van der Waals surface area contributed by atoms with Gasteiger partial charge in [-0.15, -0.1) is 0 Å². The van der Waals surface area contributed by atoms with E-state index in [0.717, 1.165) is 5.69 Å².